The predicted molar refractivity (Wildman–Crippen MR) is 91.4 cm³/mol. The van der Waals surface area contributed by atoms with Crippen LogP contribution in [0.2, 0.25) is 0 Å². The second kappa shape index (κ2) is 6.45. The van der Waals surface area contributed by atoms with E-state index in [1.165, 1.54) is 17.6 Å². The minimum Gasteiger partial charge on any atom is -0.459 e. The second-order valence-corrected chi connectivity index (χ2v) is 6.47. The molecule has 0 N–H and O–H groups in total. The van der Waals surface area contributed by atoms with Gasteiger partial charge in [-0.15, -0.1) is 11.3 Å². The van der Waals surface area contributed by atoms with Gasteiger partial charge in [0.2, 0.25) is 11.6 Å². The number of hydrogen-bond acceptors (Lipinski definition) is 7. The van der Waals surface area contributed by atoms with Crippen LogP contribution in [0.5, 0.6) is 0 Å². The number of piperazine rings is 1. The Balaban J connectivity index is 1.49. The zero-order chi connectivity index (χ0) is 17.2. The third kappa shape index (κ3) is 2.90. The highest BCUT2D eigenvalue weighted by molar-refractivity contribution is 7.12. The maximum absolute atomic E-state index is 12.4. The first-order valence-electron chi connectivity index (χ1n) is 7.79. The Kier molecular flexibility index (Phi) is 3.99. The molecular weight excluding hydrogens is 340 g/mol. The van der Waals surface area contributed by atoms with Gasteiger partial charge in [0, 0.05) is 26.2 Å². The summed E-state index contributed by atoms with van der Waals surface area (Å²) >= 11 is 1.44. The van der Waals surface area contributed by atoms with E-state index in [2.05, 4.69) is 11.1 Å². The van der Waals surface area contributed by atoms with Crippen LogP contribution in [-0.2, 0) is 0 Å². The van der Waals surface area contributed by atoms with Gasteiger partial charge in [-0.3, -0.25) is 4.79 Å². The molecule has 0 radical (unpaired) electrons. The summed E-state index contributed by atoms with van der Waals surface area (Å²) in [5, 5.41) is 11.2. The molecule has 3 aromatic heterocycles. The molecule has 8 heteroatoms. The fourth-order valence-electron chi connectivity index (χ4n) is 2.77. The van der Waals surface area contributed by atoms with Gasteiger partial charge in [-0.25, -0.2) is 0 Å². The van der Waals surface area contributed by atoms with E-state index in [1.54, 1.807) is 12.1 Å². The third-order valence-electron chi connectivity index (χ3n) is 4.03. The fourth-order valence-corrected chi connectivity index (χ4v) is 3.46. The topological polar surface area (TPSA) is 86.5 Å². The number of amides is 1. The van der Waals surface area contributed by atoms with Crippen LogP contribution < -0.4 is 4.90 Å². The number of furan rings is 1. The molecular formula is C17H14N4O3S. The Bertz CT molecular complexity index is 901. The monoisotopic (exact) mass is 354 g/mol. The van der Waals surface area contributed by atoms with Crippen molar-refractivity contribution in [3.8, 4) is 17.7 Å². The number of carbonyl (C=O) groups is 1. The molecule has 0 bridgehead atoms. The average molecular weight is 354 g/mol. The standard InChI is InChI=1S/C17H14N4O3S/c18-11-12-17(24-15(19-12)13-3-1-9-23-13)21-7-5-20(6-8-21)16(22)14-4-2-10-25-14/h1-4,9-10H,5-8H2. The number of rotatable bonds is 3. The molecule has 7 nitrogen and oxygen atoms in total. The maximum Gasteiger partial charge on any atom is 0.266 e. The van der Waals surface area contributed by atoms with Crippen LogP contribution in [0, 0.1) is 11.3 Å². The average Bonchev–Trinajstić information content (AvgIpc) is 3.42. The van der Waals surface area contributed by atoms with Crippen LogP contribution in [0.1, 0.15) is 15.4 Å². The number of thiophene rings is 1. The van der Waals surface area contributed by atoms with E-state index in [0.717, 1.165) is 4.88 Å². The third-order valence-corrected chi connectivity index (χ3v) is 4.89. The van der Waals surface area contributed by atoms with Gasteiger partial charge in [-0.2, -0.15) is 10.2 Å². The molecule has 0 atom stereocenters. The highest BCUT2D eigenvalue weighted by Gasteiger charge is 2.27. The van der Waals surface area contributed by atoms with Crippen molar-refractivity contribution in [1.29, 1.82) is 5.26 Å². The van der Waals surface area contributed by atoms with Crippen LogP contribution >= 0.6 is 11.3 Å². The first-order valence-corrected chi connectivity index (χ1v) is 8.67. The lowest BCUT2D eigenvalue weighted by Gasteiger charge is -2.34. The van der Waals surface area contributed by atoms with E-state index < -0.39 is 0 Å². The minimum absolute atomic E-state index is 0.0454. The number of carbonyl (C=O) groups excluding carboxylic acids is 1. The van der Waals surface area contributed by atoms with Crippen molar-refractivity contribution in [2.45, 2.75) is 0 Å². The molecule has 0 aliphatic carbocycles. The van der Waals surface area contributed by atoms with E-state index >= 15 is 0 Å². The van der Waals surface area contributed by atoms with Crippen LogP contribution in [0.3, 0.4) is 0 Å². The highest BCUT2D eigenvalue weighted by Crippen LogP contribution is 2.29. The molecule has 0 unspecified atom stereocenters. The smallest absolute Gasteiger partial charge is 0.266 e. The normalized spacial score (nSPS) is 14.5. The summed E-state index contributed by atoms with van der Waals surface area (Å²) < 4.78 is 11.0. The molecule has 3 aromatic rings. The number of aromatic nitrogens is 1. The van der Waals surface area contributed by atoms with Crippen molar-refractivity contribution in [3.63, 3.8) is 0 Å². The SMILES string of the molecule is N#Cc1nc(-c2ccco2)oc1N1CCN(C(=O)c2cccs2)CC1. The van der Waals surface area contributed by atoms with Crippen LogP contribution in [-0.4, -0.2) is 42.0 Å². The largest absolute Gasteiger partial charge is 0.459 e. The molecule has 1 saturated heterocycles. The van der Waals surface area contributed by atoms with Gasteiger partial charge in [0.05, 0.1) is 11.1 Å². The van der Waals surface area contributed by atoms with Crippen LogP contribution in [0.4, 0.5) is 5.88 Å². The Morgan fingerprint density at radius 2 is 2.08 bits per heavy atom. The first-order chi connectivity index (χ1) is 12.3. The summed E-state index contributed by atoms with van der Waals surface area (Å²) in [5.41, 5.74) is 0.226. The van der Waals surface area contributed by atoms with E-state index in [-0.39, 0.29) is 17.5 Å². The quantitative estimate of drug-likeness (QED) is 0.719. The molecule has 126 valence electrons. The Morgan fingerprint density at radius 1 is 1.24 bits per heavy atom. The van der Waals surface area contributed by atoms with Gasteiger partial charge in [0.1, 0.15) is 6.07 Å². The second-order valence-electron chi connectivity index (χ2n) is 5.52. The van der Waals surface area contributed by atoms with Crippen molar-refractivity contribution in [2.24, 2.45) is 0 Å². The van der Waals surface area contributed by atoms with Gasteiger partial charge in [-0.05, 0) is 23.6 Å². The summed E-state index contributed by atoms with van der Waals surface area (Å²) in [6.07, 6.45) is 1.53. The minimum atomic E-state index is 0.0454. The Hall–Kier alpha value is -3.05. The lowest BCUT2D eigenvalue weighted by atomic mass is 10.3. The summed E-state index contributed by atoms with van der Waals surface area (Å²) in [6.45, 7) is 2.30. The molecule has 4 rings (SSSR count). The summed E-state index contributed by atoms with van der Waals surface area (Å²) in [7, 11) is 0. The first kappa shape index (κ1) is 15.5. The molecule has 1 fully saturated rings. The van der Waals surface area contributed by atoms with Crippen LogP contribution in [0.15, 0.2) is 44.7 Å². The number of anilines is 1. The summed E-state index contributed by atoms with van der Waals surface area (Å²) in [4.78, 5) is 21.1. The van der Waals surface area contributed by atoms with Gasteiger partial charge >= 0.3 is 0 Å². The lowest BCUT2D eigenvalue weighted by Crippen LogP contribution is -2.48. The molecule has 25 heavy (non-hydrogen) atoms. The van der Waals surface area contributed by atoms with Crippen molar-refractivity contribution < 1.29 is 13.6 Å². The van der Waals surface area contributed by atoms with Crippen molar-refractivity contribution in [2.75, 3.05) is 31.1 Å². The van der Waals surface area contributed by atoms with Crippen LogP contribution in [0.25, 0.3) is 11.7 Å². The lowest BCUT2D eigenvalue weighted by molar-refractivity contribution is 0.0750. The number of hydrogen-bond donors (Lipinski definition) is 0. The Morgan fingerprint density at radius 3 is 2.72 bits per heavy atom. The van der Waals surface area contributed by atoms with E-state index in [9.17, 15) is 10.1 Å². The summed E-state index contributed by atoms with van der Waals surface area (Å²) in [6, 6.07) is 9.24. The zero-order valence-electron chi connectivity index (χ0n) is 13.2. The van der Waals surface area contributed by atoms with Gasteiger partial charge < -0.3 is 18.6 Å². The highest BCUT2D eigenvalue weighted by atomic mass is 32.1. The fraction of sp³-hybridized carbons (Fsp3) is 0.235. The van der Waals surface area contributed by atoms with Gasteiger partial charge in [0.25, 0.3) is 11.8 Å². The number of nitrogens with zero attached hydrogens (tertiary/aromatic N) is 4. The zero-order valence-corrected chi connectivity index (χ0v) is 14.0. The van der Waals surface area contributed by atoms with Crippen molar-refractivity contribution >= 4 is 23.1 Å². The number of nitriles is 1. The van der Waals surface area contributed by atoms with E-state index in [4.69, 9.17) is 8.83 Å². The predicted octanol–water partition coefficient (Wildman–Crippen LogP) is 2.83. The molecule has 0 saturated carbocycles. The number of oxazole rings is 1. The van der Waals surface area contributed by atoms with E-state index in [0.29, 0.717) is 37.8 Å². The maximum atomic E-state index is 12.4. The van der Waals surface area contributed by atoms with Gasteiger partial charge in [0.15, 0.2) is 5.76 Å². The molecule has 1 aliphatic heterocycles. The molecule has 1 amide bonds. The van der Waals surface area contributed by atoms with Crippen molar-refractivity contribution in [3.05, 3.63) is 46.5 Å². The molecule has 0 spiro atoms. The molecule has 4 heterocycles. The summed E-state index contributed by atoms with van der Waals surface area (Å²) in [5.74, 6) is 1.24. The molecule has 1 aliphatic rings. The van der Waals surface area contributed by atoms with Gasteiger partial charge in [-0.1, -0.05) is 6.07 Å². The van der Waals surface area contributed by atoms with E-state index in [1.807, 2.05) is 27.3 Å². The molecule has 0 aromatic carbocycles. The Labute approximate surface area is 147 Å². The van der Waals surface area contributed by atoms with Crippen molar-refractivity contribution in [1.82, 2.24) is 9.88 Å².